The zero-order chi connectivity index (χ0) is 32.3. The van der Waals surface area contributed by atoms with Crippen molar-refractivity contribution in [3.63, 3.8) is 0 Å². The molecule has 5 rings (SSSR count). The van der Waals surface area contributed by atoms with Crippen LogP contribution in [0.4, 0.5) is 11.4 Å². The predicted molar refractivity (Wildman–Crippen MR) is 178 cm³/mol. The molecule has 6 atom stereocenters. The molecule has 2 bridgehead atoms. The highest BCUT2D eigenvalue weighted by Gasteiger charge is 2.76. The van der Waals surface area contributed by atoms with Gasteiger partial charge in [0, 0.05) is 42.9 Å². The summed E-state index contributed by atoms with van der Waals surface area (Å²) < 4.78 is 10.1. The van der Waals surface area contributed by atoms with Crippen LogP contribution in [-0.4, -0.2) is 83.7 Å². The lowest BCUT2D eigenvalue weighted by Gasteiger charge is -2.41. The summed E-state index contributed by atoms with van der Waals surface area (Å²) in [5.74, 6) is -0.433. The summed E-state index contributed by atoms with van der Waals surface area (Å²) in [5, 5.41) is 9.64. The predicted octanol–water partition coefficient (Wildman–Crippen LogP) is 4.55. The Morgan fingerprint density at radius 3 is 2.13 bits per heavy atom. The fraction of sp³-hybridized carbons (Fsp3) is 0.457. The van der Waals surface area contributed by atoms with Crippen molar-refractivity contribution in [3.8, 4) is 11.5 Å². The Morgan fingerprint density at radius 1 is 1.02 bits per heavy atom. The zero-order valence-electron chi connectivity index (χ0n) is 26.3. The second-order valence-corrected chi connectivity index (χ2v) is 13.3. The molecule has 1 spiro atoms. The van der Waals surface area contributed by atoms with E-state index in [0.29, 0.717) is 35.9 Å². The normalized spacial score (nSPS) is 26.4. The molecule has 0 aromatic heterocycles. The highest BCUT2D eigenvalue weighted by Crippen LogP contribution is 2.69. The maximum atomic E-state index is 14.8. The highest BCUT2D eigenvalue weighted by atomic mass is 32.2. The summed E-state index contributed by atoms with van der Waals surface area (Å²) in [6, 6.07) is 13.8. The van der Waals surface area contributed by atoms with Gasteiger partial charge in [-0.3, -0.25) is 14.4 Å². The number of likely N-dealkylation sites (tertiary alicyclic amines) is 1. The molecule has 240 valence electrons. The van der Waals surface area contributed by atoms with Crippen LogP contribution in [0.5, 0.6) is 11.5 Å². The average Bonchev–Trinajstić information content (AvgIpc) is 3.64. The maximum absolute atomic E-state index is 14.8. The largest absolute Gasteiger partial charge is 0.497 e. The minimum absolute atomic E-state index is 0.0124. The summed E-state index contributed by atoms with van der Waals surface area (Å²) in [7, 11) is 1.59. The molecule has 3 heterocycles. The summed E-state index contributed by atoms with van der Waals surface area (Å²) in [5.41, 5.74) is 1.37. The number of fused-ring (bicyclic) bond motifs is 1. The minimum Gasteiger partial charge on any atom is -0.497 e. The number of thioether (sulfide) groups is 1. The van der Waals surface area contributed by atoms with E-state index >= 15 is 0 Å². The molecule has 0 aliphatic carbocycles. The van der Waals surface area contributed by atoms with Crippen LogP contribution < -0.4 is 19.3 Å². The van der Waals surface area contributed by atoms with Gasteiger partial charge in [0.05, 0.1) is 30.3 Å². The van der Waals surface area contributed by atoms with Crippen LogP contribution in [0.3, 0.4) is 0 Å². The van der Waals surface area contributed by atoms with Gasteiger partial charge in [-0.1, -0.05) is 19.1 Å². The fourth-order valence-electron chi connectivity index (χ4n) is 7.44. The number of rotatable bonds is 14. The van der Waals surface area contributed by atoms with Gasteiger partial charge < -0.3 is 29.3 Å². The number of hydrogen-bond acceptors (Lipinski definition) is 7. The molecule has 3 saturated heterocycles. The number of carbonyl (C=O) groups is 3. The number of aliphatic hydroxyl groups excluding tert-OH is 1. The summed E-state index contributed by atoms with van der Waals surface area (Å²) in [6.07, 6.45) is 4.41. The first-order chi connectivity index (χ1) is 21.8. The Labute approximate surface area is 269 Å². The van der Waals surface area contributed by atoms with E-state index < -0.39 is 22.6 Å². The minimum atomic E-state index is -0.801. The molecule has 10 heteroatoms. The Morgan fingerprint density at radius 2 is 1.60 bits per heavy atom. The molecule has 0 radical (unpaired) electrons. The number of nitrogens with zero attached hydrogens (tertiary/aromatic N) is 3. The number of ether oxygens (including phenoxy) is 2. The van der Waals surface area contributed by atoms with Crippen molar-refractivity contribution >= 4 is 40.9 Å². The van der Waals surface area contributed by atoms with Gasteiger partial charge in [-0.2, -0.15) is 0 Å². The average molecular weight is 634 g/mol. The van der Waals surface area contributed by atoms with Crippen LogP contribution in [0.1, 0.15) is 26.7 Å². The van der Waals surface area contributed by atoms with Crippen molar-refractivity contribution in [2.45, 2.75) is 42.7 Å². The molecule has 9 nitrogen and oxygen atoms in total. The van der Waals surface area contributed by atoms with Gasteiger partial charge in [-0.15, -0.1) is 24.9 Å². The lowest BCUT2D eigenvalue weighted by Crippen LogP contribution is -2.57. The maximum Gasteiger partial charge on any atom is 0.251 e. The van der Waals surface area contributed by atoms with Gasteiger partial charge in [-0.25, -0.2) is 0 Å². The topological polar surface area (TPSA) is 99.6 Å². The molecule has 3 unspecified atom stereocenters. The first-order valence-corrected chi connectivity index (χ1v) is 16.5. The van der Waals surface area contributed by atoms with Crippen molar-refractivity contribution in [2.75, 3.05) is 49.8 Å². The molecule has 2 aromatic carbocycles. The van der Waals surface area contributed by atoms with Crippen molar-refractivity contribution < 1.29 is 29.0 Å². The smallest absolute Gasteiger partial charge is 0.251 e. The molecule has 1 N–H and O–H groups in total. The van der Waals surface area contributed by atoms with Crippen molar-refractivity contribution in [2.24, 2.45) is 17.8 Å². The monoisotopic (exact) mass is 633 g/mol. The first kappa shape index (κ1) is 32.6. The van der Waals surface area contributed by atoms with Crippen LogP contribution >= 0.6 is 11.8 Å². The van der Waals surface area contributed by atoms with E-state index in [1.807, 2.05) is 43.3 Å². The third kappa shape index (κ3) is 5.63. The van der Waals surface area contributed by atoms with Crippen molar-refractivity contribution in [3.05, 3.63) is 73.8 Å². The van der Waals surface area contributed by atoms with Crippen molar-refractivity contribution in [1.82, 2.24) is 4.90 Å². The van der Waals surface area contributed by atoms with Crippen LogP contribution in [0, 0.1) is 17.8 Å². The molecule has 3 fully saturated rings. The van der Waals surface area contributed by atoms with E-state index in [4.69, 9.17) is 9.47 Å². The van der Waals surface area contributed by atoms with E-state index in [-0.39, 0.29) is 55.1 Å². The molecule has 0 saturated carbocycles. The second-order valence-electron chi connectivity index (χ2n) is 11.8. The molecule has 45 heavy (non-hydrogen) atoms. The van der Waals surface area contributed by atoms with Crippen LogP contribution in [0.15, 0.2) is 73.8 Å². The lowest BCUT2D eigenvalue weighted by atomic mass is 9.65. The number of methoxy groups -OCH3 is 1. The second kappa shape index (κ2) is 13.7. The quantitative estimate of drug-likeness (QED) is 0.305. The number of anilines is 2. The molecular weight excluding hydrogens is 590 g/mol. The molecule has 2 aromatic rings. The Bertz CT molecular complexity index is 1420. The third-order valence-corrected chi connectivity index (χ3v) is 11.4. The number of hydrogen-bond donors (Lipinski definition) is 1. The van der Waals surface area contributed by atoms with E-state index in [0.717, 1.165) is 6.42 Å². The SMILES string of the molecule is C=CCN(C(=O)C1N(CCCO)C(=O)[C@@H]2[C@@H](C(=O)N(CC=C)c3ccc(OCC)cc3)[C@H]3CC(C)C12S3)c1ccc(OC)cc1. The molecule has 3 aliphatic rings. The van der Waals surface area contributed by atoms with E-state index in [9.17, 15) is 19.5 Å². The molecular formula is C35H43N3O6S. The van der Waals surface area contributed by atoms with Gasteiger partial charge >= 0.3 is 0 Å². The Hall–Kier alpha value is -3.76. The fourth-order valence-corrected chi connectivity index (χ4v) is 9.85. The lowest BCUT2D eigenvalue weighted by molar-refractivity contribution is -0.139. The van der Waals surface area contributed by atoms with Crippen molar-refractivity contribution in [1.29, 1.82) is 0 Å². The van der Waals surface area contributed by atoms with Gasteiger partial charge in [0.1, 0.15) is 17.5 Å². The van der Waals surface area contributed by atoms with Gasteiger partial charge in [0.2, 0.25) is 11.8 Å². The number of aliphatic hydroxyl groups is 1. The van der Waals surface area contributed by atoms with Gasteiger partial charge in [0.25, 0.3) is 5.91 Å². The van der Waals surface area contributed by atoms with E-state index in [1.165, 1.54) is 0 Å². The van der Waals surface area contributed by atoms with Crippen LogP contribution in [0.25, 0.3) is 0 Å². The third-order valence-electron chi connectivity index (χ3n) is 9.32. The standard InChI is InChI=1S/C35H43N3O6S/c1-6-18-36(24-12-16-27(17-13-24)44-8-3)32(40)29-28-22-23(4)35(45-28)30(29)33(41)38(20-9-21-39)31(35)34(42)37(19-7-2)25-10-14-26(43-5)15-11-25/h6-7,10-17,23,28-31,39H,1-2,8-9,18-22H2,3-5H3/t23?,28-,29+,30+,31?,35?/m1/s1. The highest BCUT2D eigenvalue weighted by molar-refractivity contribution is 8.02. The number of benzene rings is 2. The van der Waals surface area contributed by atoms with E-state index in [1.54, 1.807) is 57.9 Å². The van der Waals surface area contributed by atoms with Crippen LogP contribution in [0.2, 0.25) is 0 Å². The van der Waals surface area contributed by atoms with E-state index in [2.05, 4.69) is 20.1 Å². The molecule has 3 amide bonds. The first-order valence-electron chi connectivity index (χ1n) is 15.6. The van der Waals surface area contributed by atoms with Gasteiger partial charge in [-0.05, 0) is 74.2 Å². The molecule has 3 aliphatic heterocycles. The number of carbonyl (C=O) groups excluding carboxylic acids is 3. The summed E-state index contributed by atoms with van der Waals surface area (Å²) in [6.45, 7) is 13.0. The number of amides is 3. The summed E-state index contributed by atoms with van der Waals surface area (Å²) >= 11 is 1.64. The van der Waals surface area contributed by atoms with Crippen LogP contribution in [-0.2, 0) is 14.4 Å². The Balaban J connectivity index is 1.55. The van der Waals surface area contributed by atoms with Gasteiger partial charge in [0.15, 0.2) is 0 Å². The Kier molecular flexibility index (Phi) is 9.94. The summed E-state index contributed by atoms with van der Waals surface area (Å²) in [4.78, 5) is 48.8. The zero-order valence-corrected chi connectivity index (χ0v) is 27.1.